The van der Waals surface area contributed by atoms with E-state index in [4.69, 9.17) is 18.9 Å². The quantitative estimate of drug-likeness (QED) is 0.651. The van der Waals surface area contributed by atoms with Crippen LogP contribution in [0.1, 0.15) is 17.5 Å². The first kappa shape index (κ1) is 21.4. The number of benzene rings is 2. The molecular weight excluding hydrogens is 422 g/mol. The third-order valence-corrected chi connectivity index (χ3v) is 6.19. The van der Waals surface area contributed by atoms with Gasteiger partial charge in [0.15, 0.2) is 0 Å². The van der Waals surface area contributed by atoms with Crippen molar-refractivity contribution >= 4 is 17.5 Å². The first-order valence-corrected chi connectivity index (χ1v) is 11.0. The molecule has 1 spiro atoms. The summed E-state index contributed by atoms with van der Waals surface area (Å²) in [6, 6.07) is 14.6. The summed E-state index contributed by atoms with van der Waals surface area (Å²) >= 11 is 0. The number of rotatable bonds is 5. The summed E-state index contributed by atoms with van der Waals surface area (Å²) in [5.74, 6) is -2.14. The topological polar surface area (TPSA) is 74.3 Å². The largest absolute Gasteiger partial charge is 0.497 e. The highest BCUT2D eigenvalue weighted by Crippen LogP contribution is 2.37. The lowest BCUT2D eigenvalue weighted by Gasteiger charge is -2.39. The summed E-state index contributed by atoms with van der Waals surface area (Å²) in [5.41, 5.74) is 6.29. The minimum atomic E-state index is -1.68. The minimum absolute atomic E-state index is 0.179. The second-order valence-electron chi connectivity index (χ2n) is 8.23. The molecule has 3 aliphatic rings. The van der Waals surface area contributed by atoms with Crippen LogP contribution in [-0.4, -0.2) is 56.2 Å². The number of methoxy groups -OCH3 is 1. The Bertz CT molecular complexity index is 1110. The fourth-order valence-corrected chi connectivity index (χ4v) is 4.57. The molecule has 170 valence electrons. The third kappa shape index (κ3) is 4.42. The Morgan fingerprint density at radius 1 is 1.00 bits per heavy atom. The van der Waals surface area contributed by atoms with Gasteiger partial charge in [-0.25, -0.2) is 9.59 Å². The van der Waals surface area contributed by atoms with Gasteiger partial charge in [-0.05, 0) is 52.8 Å². The van der Waals surface area contributed by atoms with E-state index in [0.29, 0.717) is 13.2 Å². The molecule has 0 bridgehead atoms. The highest BCUT2D eigenvalue weighted by Gasteiger charge is 2.45. The normalized spacial score (nSPS) is 19.5. The highest BCUT2D eigenvalue weighted by molar-refractivity contribution is 5.93. The molecule has 2 aromatic carbocycles. The second-order valence-corrected chi connectivity index (χ2v) is 8.23. The Morgan fingerprint density at radius 3 is 2.45 bits per heavy atom. The van der Waals surface area contributed by atoms with Crippen LogP contribution < -0.4 is 4.74 Å². The summed E-state index contributed by atoms with van der Waals surface area (Å²) in [6.07, 6.45) is 6.11. The molecule has 1 aliphatic carbocycles. The maximum Gasteiger partial charge on any atom is 0.389 e. The molecule has 1 fully saturated rings. The molecule has 2 aliphatic heterocycles. The van der Waals surface area contributed by atoms with Crippen LogP contribution in [0.2, 0.25) is 0 Å². The number of morpholine rings is 1. The summed E-state index contributed by atoms with van der Waals surface area (Å²) < 4.78 is 21.4. The lowest BCUT2D eigenvalue weighted by Crippen LogP contribution is -2.56. The SMILES string of the molecule is COc1ccc(-c2cccc3c2CC=C3CCN2CCOC3(C2)OC(=O)C=CC(=O)O3)cc1. The van der Waals surface area contributed by atoms with E-state index in [2.05, 4.69) is 41.3 Å². The van der Waals surface area contributed by atoms with Gasteiger partial charge in [-0.3, -0.25) is 4.90 Å². The van der Waals surface area contributed by atoms with Crippen molar-refractivity contribution in [2.75, 3.05) is 33.4 Å². The fraction of sp³-hybridized carbons (Fsp3) is 0.308. The van der Waals surface area contributed by atoms with Gasteiger partial charge in [0.05, 0.1) is 13.7 Å². The summed E-state index contributed by atoms with van der Waals surface area (Å²) in [5, 5.41) is 0. The smallest absolute Gasteiger partial charge is 0.389 e. The van der Waals surface area contributed by atoms with Gasteiger partial charge < -0.3 is 18.9 Å². The molecule has 7 heteroatoms. The lowest BCUT2D eigenvalue weighted by atomic mass is 9.94. The van der Waals surface area contributed by atoms with Crippen molar-refractivity contribution < 1.29 is 28.5 Å². The predicted molar refractivity (Wildman–Crippen MR) is 121 cm³/mol. The second kappa shape index (κ2) is 8.84. The van der Waals surface area contributed by atoms with Crippen molar-refractivity contribution in [1.82, 2.24) is 4.90 Å². The number of carbonyl (C=O) groups is 2. The van der Waals surface area contributed by atoms with Gasteiger partial charge in [0.1, 0.15) is 12.3 Å². The molecule has 1 saturated heterocycles. The number of hydrogen-bond acceptors (Lipinski definition) is 7. The Kier molecular flexibility index (Phi) is 5.74. The Labute approximate surface area is 192 Å². The summed E-state index contributed by atoms with van der Waals surface area (Å²) in [4.78, 5) is 25.8. The van der Waals surface area contributed by atoms with Crippen LogP contribution in [0.25, 0.3) is 16.7 Å². The van der Waals surface area contributed by atoms with Crippen LogP contribution in [0, 0.1) is 0 Å². The highest BCUT2D eigenvalue weighted by atomic mass is 16.9. The molecule has 2 heterocycles. The molecule has 7 nitrogen and oxygen atoms in total. The van der Waals surface area contributed by atoms with Gasteiger partial charge in [-0.1, -0.05) is 36.4 Å². The average molecular weight is 447 g/mol. The molecule has 5 rings (SSSR count). The zero-order valence-corrected chi connectivity index (χ0v) is 18.4. The number of hydrogen-bond donors (Lipinski definition) is 0. The molecule has 0 N–H and O–H groups in total. The van der Waals surface area contributed by atoms with E-state index in [1.54, 1.807) is 7.11 Å². The minimum Gasteiger partial charge on any atom is -0.497 e. The number of esters is 2. The van der Waals surface area contributed by atoms with E-state index in [-0.39, 0.29) is 6.54 Å². The van der Waals surface area contributed by atoms with Crippen LogP contribution in [0.15, 0.2) is 60.7 Å². The fourth-order valence-electron chi connectivity index (χ4n) is 4.57. The maximum absolute atomic E-state index is 11.8. The summed E-state index contributed by atoms with van der Waals surface area (Å²) in [7, 11) is 1.67. The number of allylic oxidation sites excluding steroid dienone is 1. The molecule has 0 amide bonds. The maximum atomic E-state index is 11.8. The first-order valence-electron chi connectivity index (χ1n) is 11.0. The molecular formula is C26H25NO6. The molecule has 2 aromatic rings. The van der Waals surface area contributed by atoms with Crippen molar-refractivity contribution in [1.29, 1.82) is 0 Å². The van der Waals surface area contributed by atoms with Crippen molar-refractivity contribution in [2.45, 2.75) is 18.8 Å². The third-order valence-electron chi connectivity index (χ3n) is 6.19. The van der Waals surface area contributed by atoms with Crippen LogP contribution in [0.3, 0.4) is 0 Å². The zero-order valence-electron chi connectivity index (χ0n) is 18.4. The monoisotopic (exact) mass is 447 g/mol. The van der Waals surface area contributed by atoms with Crippen molar-refractivity contribution in [3.05, 3.63) is 71.8 Å². The summed E-state index contributed by atoms with van der Waals surface area (Å²) in [6.45, 7) is 1.87. The van der Waals surface area contributed by atoms with Gasteiger partial charge >= 0.3 is 17.9 Å². The number of fused-ring (bicyclic) bond motifs is 1. The van der Waals surface area contributed by atoms with Gasteiger partial charge in [-0.2, -0.15) is 0 Å². The first-order chi connectivity index (χ1) is 16.0. The van der Waals surface area contributed by atoms with Crippen molar-refractivity contribution in [2.24, 2.45) is 0 Å². The van der Waals surface area contributed by atoms with E-state index < -0.39 is 17.9 Å². The molecule has 0 radical (unpaired) electrons. The molecule has 33 heavy (non-hydrogen) atoms. The Balaban J connectivity index is 1.27. The Hall–Kier alpha value is -3.42. The van der Waals surface area contributed by atoms with E-state index in [0.717, 1.165) is 37.3 Å². The van der Waals surface area contributed by atoms with Crippen molar-refractivity contribution in [3.8, 4) is 16.9 Å². The van der Waals surface area contributed by atoms with Gasteiger partial charge in [0.2, 0.25) is 0 Å². The standard InChI is InChI=1S/C26H25NO6/c1-30-20-8-5-18(6-9-20)21-3-2-4-22-19(7-10-23(21)22)13-14-27-15-16-31-26(17-27)32-24(28)11-12-25(29)33-26/h2-9,11-12H,10,13-17H2,1H3. The number of nitrogens with zero attached hydrogens (tertiary/aromatic N) is 1. The number of carbonyl (C=O) groups excluding carboxylic acids is 2. The van der Waals surface area contributed by atoms with Gasteiger partial charge in [0, 0.05) is 25.2 Å². The lowest BCUT2D eigenvalue weighted by molar-refractivity contribution is -0.359. The van der Waals surface area contributed by atoms with E-state index in [1.807, 2.05) is 12.1 Å². The van der Waals surface area contributed by atoms with Crippen LogP contribution in [-0.2, 0) is 30.2 Å². The van der Waals surface area contributed by atoms with Gasteiger partial charge in [0.25, 0.3) is 0 Å². The van der Waals surface area contributed by atoms with Crippen LogP contribution >= 0.6 is 0 Å². The molecule has 0 saturated carbocycles. The van der Waals surface area contributed by atoms with E-state index in [9.17, 15) is 9.59 Å². The van der Waals surface area contributed by atoms with Crippen molar-refractivity contribution in [3.63, 3.8) is 0 Å². The van der Waals surface area contributed by atoms with E-state index >= 15 is 0 Å². The van der Waals surface area contributed by atoms with Crippen LogP contribution in [0.5, 0.6) is 5.75 Å². The Morgan fingerprint density at radius 2 is 1.73 bits per heavy atom. The zero-order chi connectivity index (χ0) is 22.8. The predicted octanol–water partition coefficient (Wildman–Crippen LogP) is 3.33. The average Bonchev–Trinajstić information content (AvgIpc) is 3.19. The van der Waals surface area contributed by atoms with Gasteiger partial charge in [-0.15, -0.1) is 0 Å². The molecule has 0 atom stereocenters. The molecule has 0 aromatic heterocycles. The van der Waals surface area contributed by atoms with Crippen LogP contribution in [0.4, 0.5) is 0 Å². The van der Waals surface area contributed by atoms with E-state index in [1.165, 1.54) is 27.8 Å². The number of ether oxygens (including phenoxy) is 4. The molecule has 0 unspecified atom stereocenters.